The van der Waals surface area contributed by atoms with Crippen LogP contribution >= 0.6 is 0 Å². The predicted octanol–water partition coefficient (Wildman–Crippen LogP) is 1.92. The topological polar surface area (TPSA) is 82.2 Å². The third kappa shape index (κ3) is 4.10. The van der Waals surface area contributed by atoms with E-state index in [2.05, 4.69) is 10.2 Å². The Morgan fingerprint density at radius 3 is 2.74 bits per heavy atom. The summed E-state index contributed by atoms with van der Waals surface area (Å²) < 4.78 is 8.96. The number of nitrogens with zero attached hydrogens (tertiary/aromatic N) is 5. The minimum atomic E-state index is -0.124. The highest BCUT2D eigenvalue weighted by atomic mass is 16.5. The number of piperidine rings is 1. The smallest absolute Gasteiger partial charge is 0.266 e. The molecule has 0 aliphatic carbocycles. The molecule has 1 amide bonds. The number of ether oxygens (including phenoxy) is 1. The molecule has 8 heteroatoms. The molecule has 5 rings (SSSR count). The van der Waals surface area contributed by atoms with Crippen LogP contribution in [0.4, 0.5) is 0 Å². The molecule has 1 unspecified atom stereocenters. The van der Waals surface area contributed by atoms with Crippen molar-refractivity contribution in [1.29, 1.82) is 0 Å². The Kier molecular flexibility index (Phi) is 5.28. The quantitative estimate of drug-likeness (QED) is 0.645. The lowest BCUT2D eigenvalue weighted by Gasteiger charge is -2.35. The number of rotatable bonds is 4. The number of aromatic nitrogens is 4. The van der Waals surface area contributed by atoms with Gasteiger partial charge in [0.05, 0.1) is 5.92 Å². The first-order chi connectivity index (χ1) is 15.2. The second-order valence-corrected chi connectivity index (χ2v) is 8.25. The van der Waals surface area contributed by atoms with Crippen LogP contribution in [-0.4, -0.2) is 50.1 Å². The van der Waals surface area contributed by atoms with Crippen LogP contribution in [0.2, 0.25) is 0 Å². The fourth-order valence-electron chi connectivity index (χ4n) is 4.42. The van der Waals surface area contributed by atoms with Gasteiger partial charge >= 0.3 is 0 Å². The Morgan fingerprint density at radius 2 is 1.94 bits per heavy atom. The SMILES string of the molecule is O=C(C1COc2ccccc2C1)N1CCC(Cn2nc(-n3cccn3)ccc2=O)CC1. The lowest BCUT2D eigenvalue weighted by molar-refractivity contribution is -0.138. The molecule has 1 aromatic carbocycles. The molecular formula is C23H25N5O3. The van der Waals surface area contributed by atoms with Crippen LogP contribution in [-0.2, 0) is 17.8 Å². The lowest BCUT2D eigenvalue weighted by Crippen LogP contribution is -2.45. The second kappa shape index (κ2) is 8.37. The zero-order chi connectivity index (χ0) is 21.2. The number of hydrogen-bond acceptors (Lipinski definition) is 5. The van der Waals surface area contributed by atoms with Gasteiger partial charge in [0.25, 0.3) is 5.56 Å². The van der Waals surface area contributed by atoms with Gasteiger partial charge in [-0.1, -0.05) is 18.2 Å². The molecule has 8 nitrogen and oxygen atoms in total. The molecule has 2 aromatic heterocycles. The maximum atomic E-state index is 13.0. The molecule has 2 aliphatic rings. The van der Waals surface area contributed by atoms with E-state index >= 15 is 0 Å². The second-order valence-electron chi connectivity index (χ2n) is 8.25. The van der Waals surface area contributed by atoms with Crippen molar-refractivity contribution in [2.24, 2.45) is 11.8 Å². The first kappa shape index (κ1) is 19.5. The van der Waals surface area contributed by atoms with Gasteiger partial charge in [-0.05, 0) is 48.9 Å². The van der Waals surface area contributed by atoms with Crippen molar-refractivity contribution in [3.05, 3.63) is 70.8 Å². The van der Waals surface area contributed by atoms with Gasteiger partial charge in [-0.15, -0.1) is 5.10 Å². The molecule has 2 aliphatic heterocycles. The van der Waals surface area contributed by atoms with Crippen molar-refractivity contribution in [3.8, 4) is 11.6 Å². The molecule has 0 saturated carbocycles. The van der Waals surface area contributed by atoms with Crippen molar-refractivity contribution >= 4 is 5.91 Å². The zero-order valence-corrected chi connectivity index (χ0v) is 17.3. The van der Waals surface area contributed by atoms with Gasteiger partial charge < -0.3 is 9.64 Å². The zero-order valence-electron chi connectivity index (χ0n) is 17.3. The molecule has 3 aromatic rings. The summed E-state index contributed by atoms with van der Waals surface area (Å²) in [4.78, 5) is 27.3. The van der Waals surface area contributed by atoms with E-state index in [9.17, 15) is 9.59 Å². The van der Waals surface area contributed by atoms with Crippen molar-refractivity contribution in [2.75, 3.05) is 19.7 Å². The summed E-state index contributed by atoms with van der Waals surface area (Å²) in [5.74, 6) is 1.87. The van der Waals surface area contributed by atoms with Gasteiger partial charge in [-0.2, -0.15) is 5.10 Å². The largest absolute Gasteiger partial charge is 0.492 e. The molecule has 4 heterocycles. The van der Waals surface area contributed by atoms with Gasteiger partial charge in [-0.3, -0.25) is 9.59 Å². The molecule has 1 saturated heterocycles. The Bertz CT molecular complexity index is 1120. The average molecular weight is 419 g/mol. The third-order valence-corrected chi connectivity index (χ3v) is 6.18. The van der Waals surface area contributed by atoms with Crippen LogP contribution in [0.25, 0.3) is 5.82 Å². The maximum absolute atomic E-state index is 13.0. The maximum Gasteiger partial charge on any atom is 0.266 e. The molecule has 31 heavy (non-hydrogen) atoms. The number of benzene rings is 1. The van der Waals surface area contributed by atoms with E-state index in [0.29, 0.717) is 38.0 Å². The van der Waals surface area contributed by atoms with Crippen molar-refractivity contribution < 1.29 is 9.53 Å². The van der Waals surface area contributed by atoms with E-state index in [1.807, 2.05) is 35.2 Å². The number of amides is 1. The van der Waals surface area contributed by atoms with Crippen LogP contribution < -0.4 is 10.3 Å². The Hall–Kier alpha value is -3.42. The number of fused-ring (bicyclic) bond motifs is 1. The highest BCUT2D eigenvalue weighted by Gasteiger charge is 2.31. The third-order valence-electron chi connectivity index (χ3n) is 6.18. The first-order valence-corrected chi connectivity index (χ1v) is 10.7. The fraction of sp³-hybridized carbons (Fsp3) is 0.391. The summed E-state index contributed by atoms with van der Waals surface area (Å²) in [5.41, 5.74) is 0.983. The lowest BCUT2D eigenvalue weighted by atomic mass is 9.92. The number of hydrogen-bond donors (Lipinski definition) is 0. The number of carbonyl (C=O) groups excluding carboxylic acids is 1. The van der Waals surface area contributed by atoms with Crippen LogP contribution in [0, 0.1) is 11.8 Å². The van der Waals surface area contributed by atoms with E-state index < -0.39 is 0 Å². The van der Waals surface area contributed by atoms with Gasteiger partial charge in [-0.25, -0.2) is 9.36 Å². The Labute approximate surface area is 180 Å². The highest BCUT2D eigenvalue weighted by molar-refractivity contribution is 5.80. The molecular weight excluding hydrogens is 394 g/mol. The average Bonchev–Trinajstić information content (AvgIpc) is 3.35. The van der Waals surface area contributed by atoms with E-state index in [1.54, 1.807) is 23.1 Å². The minimum absolute atomic E-state index is 0.118. The Morgan fingerprint density at radius 1 is 1.10 bits per heavy atom. The van der Waals surface area contributed by atoms with Gasteiger partial charge in [0.2, 0.25) is 5.91 Å². The van der Waals surface area contributed by atoms with Gasteiger partial charge in [0, 0.05) is 38.1 Å². The van der Waals surface area contributed by atoms with Crippen LogP contribution in [0.3, 0.4) is 0 Å². The number of carbonyl (C=O) groups is 1. The summed E-state index contributed by atoms with van der Waals surface area (Å²) >= 11 is 0. The van der Waals surface area contributed by atoms with Gasteiger partial charge in [0.15, 0.2) is 5.82 Å². The summed E-state index contributed by atoms with van der Waals surface area (Å²) in [5, 5.41) is 8.64. The number of likely N-dealkylation sites (tertiary alicyclic amines) is 1. The normalized spacial score (nSPS) is 19.0. The monoisotopic (exact) mass is 419 g/mol. The van der Waals surface area contributed by atoms with E-state index in [-0.39, 0.29) is 17.4 Å². The number of para-hydroxylation sites is 1. The summed E-state index contributed by atoms with van der Waals surface area (Å²) in [7, 11) is 0. The summed E-state index contributed by atoms with van der Waals surface area (Å²) in [6.45, 7) is 2.40. The van der Waals surface area contributed by atoms with Gasteiger partial charge in [0.1, 0.15) is 12.4 Å². The minimum Gasteiger partial charge on any atom is -0.492 e. The molecule has 160 valence electrons. The molecule has 0 bridgehead atoms. The molecule has 0 radical (unpaired) electrons. The van der Waals surface area contributed by atoms with E-state index in [0.717, 1.165) is 30.6 Å². The summed E-state index contributed by atoms with van der Waals surface area (Å²) in [6.07, 6.45) is 5.93. The molecule has 1 fully saturated rings. The van der Waals surface area contributed by atoms with Crippen molar-refractivity contribution in [1.82, 2.24) is 24.5 Å². The van der Waals surface area contributed by atoms with Crippen molar-refractivity contribution in [2.45, 2.75) is 25.8 Å². The van der Waals surface area contributed by atoms with Crippen LogP contribution in [0.15, 0.2) is 59.7 Å². The first-order valence-electron chi connectivity index (χ1n) is 10.7. The Balaban J connectivity index is 1.19. The van der Waals surface area contributed by atoms with Crippen LogP contribution in [0.5, 0.6) is 5.75 Å². The predicted molar refractivity (Wildman–Crippen MR) is 114 cm³/mol. The highest BCUT2D eigenvalue weighted by Crippen LogP contribution is 2.29. The van der Waals surface area contributed by atoms with Crippen molar-refractivity contribution in [3.63, 3.8) is 0 Å². The standard InChI is InChI=1S/C23H25N5O3/c29-22-7-6-21(27-11-3-10-24-27)25-28(22)15-17-8-12-26(13-9-17)23(30)19-14-18-4-1-2-5-20(18)31-16-19/h1-7,10-11,17,19H,8-9,12-16H2. The van der Waals surface area contributed by atoms with E-state index in [1.165, 1.54) is 10.7 Å². The molecule has 1 atom stereocenters. The van der Waals surface area contributed by atoms with Crippen LogP contribution in [0.1, 0.15) is 18.4 Å². The molecule has 0 N–H and O–H groups in total. The summed E-state index contributed by atoms with van der Waals surface area (Å²) in [6, 6.07) is 13.0. The molecule has 0 spiro atoms. The van der Waals surface area contributed by atoms with E-state index in [4.69, 9.17) is 4.74 Å². The fourth-order valence-corrected chi connectivity index (χ4v) is 4.42.